The van der Waals surface area contributed by atoms with Gasteiger partial charge in [-0.05, 0) is 142 Å². The minimum atomic E-state index is -0.129. The number of hydrogen-bond donors (Lipinski definition) is 0. The fourth-order valence-electron chi connectivity index (χ4n) is 13.1. The maximum atomic E-state index is 2.57. The molecule has 4 heteroatoms. The maximum absolute atomic E-state index is 2.57. The molecule has 0 bridgehead atoms. The molecule has 366 valence electrons. The first-order valence-corrected chi connectivity index (χ1v) is 26.9. The Kier molecular flexibility index (Phi) is 9.29. The molecule has 15 aromatic rings. The van der Waals surface area contributed by atoms with Gasteiger partial charge in [0.15, 0.2) is 0 Å². The summed E-state index contributed by atoms with van der Waals surface area (Å²) in [6.07, 6.45) is 0. The topological polar surface area (TPSA) is 15.3 Å². The minimum absolute atomic E-state index is 0.129. The van der Waals surface area contributed by atoms with E-state index in [9.17, 15) is 0 Å². The third-order valence-corrected chi connectivity index (χ3v) is 16.7. The third-order valence-electron chi connectivity index (χ3n) is 16.7. The van der Waals surface area contributed by atoms with Crippen LogP contribution in [-0.4, -0.2) is 8.80 Å². The van der Waals surface area contributed by atoms with E-state index in [0.29, 0.717) is 0 Å². The van der Waals surface area contributed by atoms with Gasteiger partial charge in [-0.15, -0.1) is 0 Å². The van der Waals surface area contributed by atoms with Crippen molar-refractivity contribution >= 4 is 132 Å². The van der Waals surface area contributed by atoms with Gasteiger partial charge in [0, 0.05) is 54.5 Å². The third kappa shape index (κ3) is 6.37. The molecule has 11 aromatic carbocycles. The lowest BCUT2D eigenvalue weighted by Crippen LogP contribution is -2.19. The van der Waals surface area contributed by atoms with E-state index in [-0.39, 0.29) is 10.8 Å². The second-order valence-corrected chi connectivity index (χ2v) is 23.6. The average molecular weight is 979 g/mol. The predicted octanol–water partition coefficient (Wildman–Crippen LogP) is 20.4. The number of hydrogen-bond acceptors (Lipinski definition) is 2. The molecule has 15 rings (SSSR count). The van der Waals surface area contributed by atoms with Crippen LogP contribution < -0.4 is 9.80 Å². The highest BCUT2D eigenvalue weighted by molar-refractivity contribution is 6.32. The molecule has 0 N–H and O–H groups in total. The van der Waals surface area contributed by atoms with Gasteiger partial charge in [-0.25, -0.2) is 0 Å². The molecule has 4 aromatic heterocycles. The molecule has 0 aliphatic rings. The molecule has 0 spiro atoms. The summed E-state index contributed by atoms with van der Waals surface area (Å²) in [4.78, 5) is 5.09. The number of benzene rings is 11. The molecule has 0 aliphatic heterocycles. The first-order chi connectivity index (χ1) is 36.8. The zero-order chi connectivity index (χ0) is 51.5. The lowest BCUT2D eigenvalue weighted by atomic mass is 9.83. The minimum Gasteiger partial charge on any atom is -0.309 e. The summed E-state index contributed by atoms with van der Waals surface area (Å²) in [6.45, 7) is 18.4. The van der Waals surface area contributed by atoms with Gasteiger partial charge in [0.25, 0.3) is 0 Å². The molecule has 0 fully saturated rings. The fourth-order valence-corrected chi connectivity index (χ4v) is 13.1. The van der Waals surface area contributed by atoms with Crippen LogP contribution >= 0.6 is 0 Å². The standard InChI is InChI=1S/C72H58N4/c1-43-25-29-49(30-26-43)73(65-39-47-19-11-9-17-45(47)37-57(65)71(3,4)5)61-35-33-51-55-41-64-56(42-63(55)75-59-23-15-13-21-53(59)67(61)69(51)75)52-34-36-62(68-54-22-14-16-24-60(54)76(64)70(52)68)74(50-31-27-44(2)28-32-50)66-40-48-20-12-10-18-46(48)38-58(66)72(6,7)8/h9-42H,1-8H3. The zero-order valence-electron chi connectivity index (χ0n) is 44.4. The van der Waals surface area contributed by atoms with Gasteiger partial charge in [-0.3, -0.25) is 0 Å². The second kappa shape index (κ2) is 15.8. The van der Waals surface area contributed by atoms with Crippen LogP contribution in [0.4, 0.5) is 34.1 Å². The monoisotopic (exact) mass is 978 g/mol. The predicted molar refractivity (Wildman–Crippen MR) is 327 cm³/mol. The molecule has 0 amide bonds. The molecule has 0 saturated carbocycles. The number of aryl methyl sites for hydroxylation is 2. The number of rotatable bonds is 6. The first kappa shape index (κ1) is 44.6. The molecule has 0 atom stereocenters. The maximum Gasteiger partial charge on any atom is 0.0641 e. The molecule has 0 unspecified atom stereocenters. The summed E-state index contributed by atoms with van der Waals surface area (Å²) in [5.74, 6) is 0. The summed E-state index contributed by atoms with van der Waals surface area (Å²) < 4.78 is 5.14. The van der Waals surface area contributed by atoms with Crippen LogP contribution in [0.3, 0.4) is 0 Å². The van der Waals surface area contributed by atoms with Gasteiger partial charge in [-0.2, -0.15) is 0 Å². The molecular weight excluding hydrogens is 921 g/mol. The largest absolute Gasteiger partial charge is 0.309 e. The molecular formula is C72H58N4. The summed E-state index contributed by atoms with van der Waals surface area (Å²) in [6, 6.07) is 78.2. The van der Waals surface area contributed by atoms with Gasteiger partial charge < -0.3 is 18.6 Å². The van der Waals surface area contributed by atoms with E-state index >= 15 is 0 Å². The van der Waals surface area contributed by atoms with Crippen LogP contribution in [-0.2, 0) is 10.8 Å². The lowest BCUT2D eigenvalue weighted by molar-refractivity contribution is 0.591. The highest BCUT2D eigenvalue weighted by Crippen LogP contribution is 2.53. The van der Waals surface area contributed by atoms with Crippen molar-refractivity contribution in [2.75, 3.05) is 9.80 Å². The number of fused-ring (bicyclic) bond motifs is 14. The van der Waals surface area contributed by atoms with E-state index in [1.165, 1.54) is 143 Å². The number of aromatic nitrogens is 2. The van der Waals surface area contributed by atoms with Gasteiger partial charge in [-0.1, -0.05) is 174 Å². The van der Waals surface area contributed by atoms with Crippen LogP contribution in [0.2, 0.25) is 0 Å². The molecule has 0 radical (unpaired) electrons. The van der Waals surface area contributed by atoms with Crippen molar-refractivity contribution in [3.05, 3.63) is 229 Å². The van der Waals surface area contributed by atoms with Crippen LogP contribution in [0, 0.1) is 13.8 Å². The average Bonchev–Trinajstić information content (AvgIpc) is 4.26. The van der Waals surface area contributed by atoms with Crippen molar-refractivity contribution in [1.82, 2.24) is 8.80 Å². The van der Waals surface area contributed by atoms with Gasteiger partial charge in [0.1, 0.15) is 0 Å². The van der Waals surface area contributed by atoms with E-state index in [0.717, 1.165) is 11.4 Å². The van der Waals surface area contributed by atoms with Crippen molar-refractivity contribution < 1.29 is 0 Å². The normalized spacial score (nSPS) is 12.7. The SMILES string of the molecule is Cc1ccc(N(c2cc3ccccc3cc2C(C)(C)C)c2ccc3c4cc5c(cc4n4c6ccccc6c2c34)c2ccc(N(c3ccc(C)cc3)c3cc4ccccc4cc3C(C)(C)C)c3c4ccccc4n5c23)cc1. The second-order valence-electron chi connectivity index (χ2n) is 23.6. The van der Waals surface area contributed by atoms with Crippen LogP contribution in [0.1, 0.15) is 63.8 Å². The first-order valence-electron chi connectivity index (χ1n) is 26.9. The zero-order valence-corrected chi connectivity index (χ0v) is 44.4. The Balaban J connectivity index is 1.03. The Bertz CT molecular complexity index is 4530. The number of nitrogens with zero attached hydrogens (tertiary/aromatic N) is 4. The van der Waals surface area contributed by atoms with Crippen molar-refractivity contribution in [1.29, 1.82) is 0 Å². The van der Waals surface area contributed by atoms with E-state index in [1.54, 1.807) is 0 Å². The lowest BCUT2D eigenvalue weighted by Gasteiger charge is -2.33. The molecule has 0 aliphatic carbocycles. The van der Waals surface area contributed by atoms with Crippen molar-refractivity contribution in [2.24, 2.45) is 0 Å². The van der Waals surface area contributed by atoms with Crippen molar-refractivity contribution in [2.45, 2.75) is 66.2 Å². The molecule has 76 heavy (non-hydrogen) atoms. The Morgan fingerprint density at radius 3 is 1.04 bits per heavy atom. The Morgan fingerprint density at radius 2 is 0.658 bits per heavy atom. The van der Waals surface area contributed by atoms with E-state index in [4.69, 9.17) is 0 Å². The van der Waals surface area contributed by atoms with Crippen LogP contribution in [0.5, 0.6) is 0 Å². The Morgan fingerprint density at radius 1 is 0.303 bits per heavy atom. The molecule has 4 heterocycles. The van der Waals surface area contributed by atoms with Crippen molar-refractivity contribution in [3.8, 4) is 0 Å². The van der Waals surface area contributed by atoms with Crippen LogP contribution in [0.15, 0.2) is 206 Å². The van der Waals surface area contributed by atoms with E-state index < -0.39 is 0 Å². The number of para-hydroxylation sites is 2. The summed E-state index contributed by atoms with van der Waals surface area (Å²) in [5, 5.41) is 15.0. The summed E-state index contributed by atoms with van der Waals surface area (Å²) in [7, 11) is 0. The highest BCUT2D eigenvalue weighted by Gasteiger charge is 2.31. The van der Waals surface area contributed by atoms with Crippen LogP contribution in [0.25, 0.3) is 97.7 Å². The van der Waals surface area contributed by atoms with Crippen molar-refractivity contribution in [3.63, 3.8) is 0 Å². The van der Waals surface area contributed by atoms with Gasteiger partial charge in [0.05, 0.1) is 55.8 Å². The Hall–Kier alpha value is -8.86. The summed E-state index contributed by atoms with van der Waals surface area (Å²) >= 11 is 0. The van der Waals surface area contributed by atoms with Gasteiger partial charge >= 0.3 is 0 Å². The van der Waals surface area contributed by atoms with E-state index in [2.05, 4.69) is 280 Å². The smallest absolute Gasteiger partial charge is 0.0641 e. The molecule has 4 nitrogen and oxygen atoms in total. The number of anilines is 6. The molecule has 0 saturated heterocycles. The Labute approximate surface area is 442 Å². The summed E-state index contributed by atoms with van der Waals surface area (Å²) in [5.41, 5.74) is 19.3. The quantitative estimate of drug-likeness (QED) is 0.165. The fraction of sp³-hybridized carbons (Fsp3) is 0.139. The van der Waals surface area contributed by atoms with Gasteiger partial charge in [0.2, 0.25) is 0 Å². The highest BCUT2D eigenvalue weighted by atomic mass is 15.2. The van der Waals surface area contributed by atoms with E-state index in [1.807, 2.05) is 0 Å².